The molecule has 0 fully saturated rings. The predicted molar refractivity (Wildman–Crippen MR) is 120 cm³/mol. The number of rotatable bonds is 7. The number of carbonyl (C=O) groups is 1. The van der Waals surface area contributed by atoms with Gasteiger partial charge in [-0.15, -0.1) is 0 Å². The van der Waals surface area contributed by atoms with E-state index < -0.39 is 0 Å². The van der Waals surface area contributed by atoms with E-state index in [0.29, 0.717) is 6.54 Å². The van der Waals surface area contributed by atoms with Crippen LogP contribution in [0.1, 0.15) is 17.7 Å². The highest BCUT2D eigenvalue weighted by Crippen LogP contribution is 2.17. The van der Waals surface area contributed by atoms with Gasteiger partial charge in [0.2, 0.25) is 0 Å². The van der Waals surface area contributed by atoms with Gasteiger partial charge in [-0.1, -0.05) is 30.3 Å². The minimum atomic E-state index is -0.342. The largest absolute Gasteiger partial charge is 0.351 e. The first-order chi connectivity index (χ1) is 13.7. The second-order valence-corrected chi connectivity index (χ2v) is 7.54. The summed E-state index contributed by atoms with van der Waals surface area (Å²) in [4.78, 5) is 12.4. The Kier molecular flexibility index (Phi) is 7.04. The molecule has 1 heterocycles. The first-order valence-corrected chi connectivity index (χ1v) is 10.1. The maximum Gasteiger partial charge on any atom is 0.262 e. The lowest BCUT2D eigenvalue weighted by atomic mass is 10.1. The van der Waals surface area contributed by atoms with E-state index in [1.807, 2.05) is 71.4 Å². The Bertz CT molecular complexity index is 998. The summed E-state index contributed by atoms with van der Waals surface area (Å²) >= 11 is 2.26. The van der Waals surface area contributed by atoms with E-state index in [1.165, 1.54) is 5.56 Å². The van der Waals surface area contributed by atoms with Crippen LogP contribution in [-0.4, -0.2) is 17.0 Å². The summed E-state index contributed by atoms with van der Waals surface area (Å²) in [5.41, 5.74) is 3.11. The Morgan fingerprint density at radius 3 is 2.54 bits per heavy atom. The van der Waals surface area contributed by atoms with Crippen LogP contribution in [0.15, 0.2) is 78.5 Å². The first-order valence-electron chi connectivity index (χ1n) is 9.04. The molecular formula is C23H20IN3O. The molecule has 4 nitrogen and oxygen atoms in total. The van der Waals surface area contributed by atoms with Crippen molar-refractivity contribution < 1.29 is 4.79 Å². The third-order valence-corrected chi connectivity index (χ3v) is 5.03. The lowest BCUT2D eigenvalue weighted by molar-refractivity contribution is -0.117. The van der Waals surface area contributed by atoms with Crippen LogP contribution in [0.2, 0.25) is 0 Å². The number of hydrogen-bond donors (Lipinski definition) is 1. The molecule has 1 amide bonds. The number of benzene rings is 2. The van der Waals surface area contributed by atoms with Crippen molar-refractivity contribution in [3.05, 3.63) is 93.3 Å². The molecule has 0 saturated heterocycles. The maximum absolute atomic E-state index is 12.4. The van der Waals surface area contributed by atoms with Gasteiger partial charge in [0.25, 0.3) is 5.91 Å². The zero-order chi connectivity index (χ0) is 19.8. The monoisotopic (exact) mass is 481 g/mol. The van der Waals surface area contributed by atoms with Gasteiger partial charge in [-0.2, -0.15) is 5.26 Å². The number of amides is 1. The molecule has 3 rings (SSSR count). The Hall–Kier alpha value is -2.85. The van der Waals surface area contributed by atoms with Crippen LogP contribution >= 0.6 is 22.6 Å². The van der Waals surface area contributed by atoms with Crippen LogP contribution in [0.25, 0.3) is 11.8 Å². The van der Waals surface area contributed by atoms with Gasteiger partial charge < -0.3 is 9.88 Å². The van der Waals surface area contributed by atoms with Gasteiger partial charge in [0.05, 0.1) is 0 Å². The van der Waals surface area contributed by atoms with Gasteiger partial charge in [-0.05, 0) is 83.5 Å². The van der Waals surface area contributed by atoms with Gasteiger partial charge in [0.1, 0.15) is 11.6 Å². The van der Waals surface area contributed by atoms with E-state index in [4.69, 9.17) is 0 Å². The molecule has 0 spiro atoms. The number of aromatic nitrogens is 1. The van der Waals surface area contributed by atoms with Crippen molar-refractivity contribution in [3.63, 3.8) is 0 Å². The zero-order valence-electron chi connectivity index (χ0n) is 15.3. The van der Waals surface area contributed by atoms with Gasteiger partial charge in [-0.25, -0.2) is 0 Å². The molecule has 140 valence electrons. The number of nitrogens with zero attached hydrogens (tertiary/aromatic N) is 2. The minimum absolute atomic E-state index is 0.102. The third-order valence-electron chi connectivity index (χ3n) is 4.31. The van der Waals surface area contributed by atoms with Crippen LogP contribution in [0.3, 0.4) is 0 Å². The van der Waals surface area contributed by atoms with Crippen molar-refractivity contribution in [1.29, 1.82) is 5.26 Å². The summed E-state index contributed by atoms with van der Waals surface area (Å²) in [6, 6.07) is 24.0. The predicted octanol–water partition coefficient (Wildman–Crippen LogP) is 4.74. The van der Waals surface area contributed by atoms with Crippen LogP contribution in [0, 0.1) is 14.9 Å². The molecule has 0 saturated carbocycles. The number of halogens is 1. The lowest BCUT2D eigenvalue weighted by Gasteiger charge is -2.08. The molecule has 0 unspecified atom stereocenters. The van der Waals surface area contributed by atoms with Gasteiger partial charge >= 0.3 is 0 Å². The van der Waals surface area contributed by atoms with E-state index >= 15 is 0 Å². The van der Waals surface area contributed by atoms with Crippen molar-refractivity contribution in [3.8, 4) is 11.8 Å². The van der Waals surface area contributed by atoms with Gasteiger partial charge in [0.15, 0.2) is 0 Å². The fourth-order valence-corrected chi connectivity index (χ4v) is 3.24. The highest BCUT2D eigenvalue weighted by atomic mass is 127. The highest BCUT2D eigenvalue weighted by Gasteiger charge is 2.10. The molecule has 0 aliphatic rings. The topological polar surface area (TPSA) is 57.8 Å². The maximum atomic E-state index is 12.4. The number of nitriles is 1. The van der Waals surface area contributed by atoms with Crippen LogP contribution in [0.5, 0.6) is 0 Å². The van der Waals surface area contributed by atoms with Crippen molar-refractivity contribution >= 4 is 34.6 Å². The molecule has 5 heteroatoms. The normalized spacial score (nSPS) is 11.1. The van der Waals surface area contributed by atoms with E-state index in [2.05, 4.69) is 40.0 Å². The van der Waals surface area contributed by atoms with Crippen LogP contribution in [0.4, 0.5) is 0 Å². The molecule has 3 aromatic rings. The minimum Gasteiger partial charge on any atom is -0.351 e. The number of carbonyl (C=O) groups excluding carboxylic acids is 1. The van der Waals surface area contributed by atoms with Gasteiger partial charge in [0, 0.05) is 27.7 Å². The molecule has 0 bridgehead atoms. The summed E-state index contributed by atoms with van der Waals surface area (Å²) in [6.45, 7) is 0.533. The SMILES string of the molecule is N#C/C(=C/c1cccn1-c1ccc(I)cc1)C(=O)NCCCc1ccccc1. The van der Waals surface area contributed by atoms with Crippen molar-refractivity contribution in [1.82, 2.24) is 9.88 Å². The summed E-state index contributed by atoms with van der Waals surface area (Å²) < 4.78 is 3.11. The molecule has 1 aromatic heterocycles. The van der Waals surface area contributed by atoms with Gasteiger partial charge in [-0.3, -0.25) is 4.79 Å². The molecule has 2 aromatic carbocycles. The van der Waals surface area contributed by atoms with E-state index in [-0.39, 0.29) is 11.5 Å². The Morgan fingerprint density at radius 2 is 1.82 bits per heavy atom. The van der Waals surface area contributed by atoms with E-state index in [1.54, 1.807) is 6.08 Å². The quantitative estimate of drug-likeness (QED) is 0.230. The zero-order valence-corrected chi connectivity index (χ0v) is 17.5. The first kappa shape index (κ1) is 19.9. The standard InChI is InChI=1S/C23H20IN3O/c24-20-10-12-21(13-11-20)27-15-5-9-22(27)16-19(17-25)23(28)26-14-4-8-18-6-2-1-3-7-18/h1-3,5-7,9-13,15-16H,4,8,14H2,(H,26,28)/b19-16-. The second kappa shape index (κ2) is 9.90. The Balaban J connectivity index is 1.64. The fraction of sp³-hybridized carbons (Fsp3) is 0.130. The van der Waals surface area contributed by atoms with E-state index in [0.717, 1.165) is 27.8 Å². The molecule has 0 atom stereocenters. The van der Waals surface area contributed by atoms with Crippen molar-refractivity contribution in [2.75, 3.05) is 6.54 Å². The van der Waals surface area contributed by atoms with Crippen LogP contribution < -0.4 is 5.32 Å². The average molecular weight is 481 g/mol. The summed E-state index contributed by atoms with van der Waals surface area (Å²) in [7, 11) is 0. The summed E-state index contributed by atoms with van der Waals surface area (Å²) in [6.07, 6.45) is 5.27. The third kappa shape index (κ3) is 5.33. The van der Waals surface area contributed by atoms with Crippen molar-refractivity contribution in [2.45, 2.75) is 12.8 Å². The lowest BCUT2D eigenvalue weighted by Crippen LogP contribution is -2.26. The Morgan fingerprint density at radius 1 is 1.07 bits per heavy atom. The van der Waals surface area contributed by atoms with Crippen LogP contribution in [-0.2, 0) is 11.2 Å². The Labute approximate surface area is 178 Å². The van der Waals surface area contributed by atoms with Crippen molar-refractivity contribution in [2.24, 2.45) is 0 Å². The van der Waals surface area contributed by atoms with E-state index in [9.17, 15) is 10.1 Å². The molecular weight excluding hydrogens is 461 g/mol. The fourth-order valence-electron chi connectivity index (χ4n) is 2.88. The molecule has 28 heavy (non-hydrogen) atoms. The summed E-state index contributed by atoms with van der Waals surface area (Å²) in [5, 5.41) is 12.3. The molecule has 1 N–H and O–H groups in total. The average Bonchev–Trinajstić information content (AvgIpc) is 3.19. The number of nitrogens with one attached hydrogen (secondary N) is 1. The molecule has 0 radical (unpaired) electrons. The second-order valence-electron chi connectivity index (χ2n) is 6.29. The smallest absolute Gasteiger partial charge is 0.262 e. The number of hydrogen-bond acceptors (Lipinski definition) is 2. The molecule has 0 aliphatic heterocycles. The summed E-state index contributed by atoms with van der Waals surface area (Å²) in [5.74, 6) is -0.342. The highest BCUT2D eigenvalue weighted by molar-refractivity contribution is 14.1. The number of aryl methyl sites for hydroxylation is 1. The molecule has 0 aliphatic carbocycles.